The van der Waals surface area contributed by atoms with Crippen LogP contribution in [0.1, 0.15) is 6.42 Å². The number of rotatable bonds is 2. The maximum atomic E-state index is 11.5. The van der Waals surface area contributed by atoms with E-state index in [1.165, 1.54) is 5.57 Å². The molecule has 0 N–H and O–H groups in total. The number of carbonyl (C=O) groups is 1. The maximum absolute atomic E-state index is 11.5. The molecule has 2 saturated heterocycles. The van der Waals surface area contributed by atoms with Gasteiger partial charge in [-0.1, -0.05) is 18.2 Å². The fourth-order valence-electron chi connectivity index (χ4n) is 3.48. The van der Waals surface area contributed by atoms with Crippen LogP contribution in [0.5, 0.6) is 5.75 Å². The lowest BCUT2D eigenvalue weighted by Crippen LogP contribution is -2.61. The summed E-state index contributed by atoms with van der Waals surface area (Å²) in [6, 6.07) is 10.4. The molecule has 3 nitrogen and oxygen atoms in total. The number of fused-ring (bicyclic) bond motifs is 3. The second-order valence-corrected chi connectivity index (χ2v) is 5.39. The number of para-hydroxylation sites is 1. The van der Waals surface area contributed by atoms with Crippen LogP contribution in [-0.4, -0.2) is 35.9 Å². The zero-order valence-electron chi connectivity index (χ0n) is 10.1. The van der Waals surface area contributed by atoms with E-state index in [2.05, 4.69) is 4.90 Å². The molecule has 0 aromatic heterocycles. The molecule has 0 amide bonds. The summed E-state index contributed by atoms with van der Waals surface area (Å²) in [5.41, 5.74) is 1.32. The van der Waals surface area contributed by atoms with Gasteiger partial charge in [0.25, 0.3) is 0 Å². The normalized spacial score (nSPS) is 33.7. The van der Waals surface area contributed by atoms with E-state index in [0.29, 0.717) is 24.2 Å². The first-order chi connectivity index (χ1) is 8.81. The molecule has 1 aromatic rings. The van der Waals surface area contributed by atoms with Gasteiger partial charge in [0.15, 0.2) is 5.78 Å². The van der Waals surface area contributed by atoms with E-state index in [9.17, 15) is 4.79 Å². The summed E-state index contributed by atoms with van der Waals surface area (Å²) < 4.78 is 6.03. The van der Waals surface area contributed by atoms with E-state index >= 15 is 0 Å². The van der Waals surface area contributed by atoms with Crippen LogP contribution in [0.4, 0.5) is 0 Å². The summed E-state index contributed by atoms with van der Waals surface area (Å²) in [5.74, 6) is 1.64. The van der Waals surface area contributed by atoms with Crippen molar-refractivity contribution in [2.45, 2.75) is 18.6 Å². The molecule has 3 aliphatic rings. The number of hydrogen-bond donors (Lipinski definition) is 0. The molecule has 0 unspecified atom stereocenters. The smallest absolute Gasteiger partial charge is 0.156 e. The minimum Gasteiger partial charge on any atom is -0.487 e. The highest BCUT2D eigenvalue weighted by molar-refractivity contribution is 5.94. The summed E-state index contributed by atoms with van der Waals surface area (Å²) >= 11 is 0. The summed E-state index contributed by atoms with van der Waals surface area (Å²) in [6.07, 6.45) is 2.78. The van der Waals surface area contributed by atoms with Crippen molar-refractivity contribution < 1.29 is 9.53 Å². The third-order valence-corrected chi connectivity index (χ3v) is 4.29. The van der Waals surface area contributed by atoms with Crippen molar-refractivity contribution in [2.24, 2.45) is 5.92 Å². The highest BCUT2D eigenvalue weighted by Gasteiger charge is 2.53. The standard InChI is InChI=1S/C15H15NO2/c17-11-6-10-8-16-9-14(15(16)13(10)7-11)18-12-4-2-1-3-5-12/h1-6,13-15H,7-9H2/t13-,14-,15-/m0/s1. The molecular formula is C15H15NO2. The van der Waals surface area contributed by atoms with Crippen LogP contribution in [-0.2, 0) is 4.79 Å². The Morgan fingerprint density at radius 2 is 2.06 bits per heavy atom. The lowest BCUT2D eigenvalue weighted by atomic mass is 9.88. The van der Waals surface area contributed by atoms with Gasteiger partial charge in [0.2, 0.25) is 0 Å². The van der Waals surface area contributed by atoms with E-state index in [1.807, 2.05) is 36.4 Å². The molecule has 2 fully saturated rings. The molecule has 3 atom stereocenters. The van der Waals surface area contributed by atoms with Crippen LogP contribution in [0.25, 0.3) is 0 Å². The van der Waals surface area contributed by atoms with Gasteiger partial charge in [0, 0.05) is 25.4 Å². The number of allylic oxidation sites excluding steroid dienone is 1. The van der Waals surface area contributed by atoms with Crippen LogP contribution >= 0.6 is 0 Å². The Morgan fingerprint density at radius 3 is 2.89 bits per heavy atom. The molecule has 4 rings (SSSR count). The lowest BCUT2D eigenvalue weighted by Gasteiger charge is -2.44. The van der Waals surface area contributed by atoms with Gasteiger partial charge in [-0.3, -0.25) is 9.69 Å². The molecule has 1 aliphatic carbocycles. The molecule has 18 heavy (non-hydrogen) atoms. The Balaban J connectivity index is 1.51. The van der Waals surface area contributed by atoms with E-state index in [-0.39, 0.29) is 6.10 Å². The summed E-state index contributed by atoms with van der Waals surface area (Å²) in [4.78, 5) is 13.9. The molecule has 2 heterocycles. The molecule has 92 valence electrons. The molecular weight excluding hydrogens is 226 g/mol. The second kappa shape index (κ2) is 3.69. The molecule has 0 saturated carbocycles. The number of hydrogen-bond acceptors (Lipinski definition) is 3. The maximum Gasteiger partial charge on any atom is 0.156 e. The molecule has 0 bridgehead atoms. The predicted octanol–water partition coefficient (Wildman–Crippen LogP) is 1.65. The minimum absolute atomic E-state index is 0.245. The third kappa shape index (κ3) is 1.44. The predicted molar refractivity (Wildman–Crippen MR) is 67.4 cm³/mol. The van der Waals surface area contributed by atoms with E-state index in [0.717, 1.165) is 18.8 Å². The van der Waals surface area contributed by atoms with Gasteiger partial charge < -0.3 is 4.74 Å². The third-order valence-electron chi connectivity index (χ3n) is 4.29. The monoisotopic (exact) mass is 241 g/mol. The average Bonchev–Trinajstić information content (AvgIpc) is 2.80. The fraction of sp³-hybridized carbons (Fsp3) is 0.400. The second-order valence-electron chi connectivity index (χ2n) is 5.39. The van der Waals surface area contributed by atoms with Crippen LogP contribution < -0.4 is 4.74 Å². The lowest BCUT2D eigenvalue weighted by molar-refractivity contribution is -0.115. The number of ether oxygens (including phenoxy) is 1. The van der Waals surface area contributed by atoms with Crippen molar-refractivity contribution in [3.8, 4) is 5.75 Å². The first-order valence-electron chi connectivity index (χ1n) is 6.50. The van der Waals surface area contributed by atoms with Gasteiger partial charge in [-0.2, -0.15) is 0 Å². The zero-order valence-corrected chi connectivity index (χ0v) is 10.1. The van der Waals surface area contributed by atoms with Gasteiger partial charge in [0.05, 0.1) is 6.04 Å². The van der Waals surface area contributed by atoms with Crippen LogP contribution in [0, 0.1) is 5.92 Å². The van der Waals surface area contributed by atoms with Crippen molar-refractivity contribution in [3.63, 3.8) is 0 Å². The molecule has 0 spiro atoms. The Hall–Kier alpha value is -1.61. The van der Waals surface area contributed by atoms with Crippen LogP contribution in [0.3, 0.4) is 0 Å². The average molecular weight is 241 g/mol. The first-order valence-corrected chi connectivity index (χ1v) is 6.50. The summed E-state index contributed by atoms with van der Waals surface area (Å²) in [5, 5.41) is 0. The van der Waals surface area contributed by atoms with Crippen molar-refractivity contribution in [2.75, 3.05) is 13.1 Å². The largest absolute Gasteiger partial charge is 0.487 e. The van der Waals surface area contributed by atoms with E-state index in [4.69, 9.17) is 4.74 Å². The van der Waals surface area contributed by atoms with Crippen LogP contribution in [0.2, 0.25) is 0 Å². The van der Waals surface area contributed by atoms with E-state index < -0.39 is 0 Å². The fourth-order valence-corrected chi connectivity index (χ4v) is 3.48. The highest BCUT2D eigenvalue weighted by atomic mass is 16.5. The number of benzene rings is 1. The van der Waals surface area contributed by atoms with Crippen LogP contribution in [0.15, 0.2) is 42.0 Å². The Morgan fingerprint density at radius 1 is 1.22 bits per heavy atom. The van der Waals surface area contributed by atoms with Gasteiger partial charge in [-0.15, -0.1) is 0 Å². The Bertz CT molecular complexity index is 523. The molecule has 3 heteroatoms. The van der Waals surface area contributed by atoms with Crippen molar-refractivity contribution >= 4 is 5.78 Å². The van der Waals surface area contributed by atoms with Crippen molar-refractivity contribution in [3.05, 3.63) is 42.0 Å². The number of ketones is 1. The highest BCUT2D eigenvalue weighted by Crippen LogP contribution is 2.44. The Kier molecular flexibility index (Phi) is 2.12. The van der Waals surface area contributed by atoms with Gasteiger partial charge >= 0.3 is 0 Å². The molecule has 1 aromatic carbocycles. The SMILES string of the molecule is O=C1C=C2CN3C[C@H](Oc4ccccc4)[C@@H]3[C@H]2C1. The van der Waals surface area contributed by atoms with Gasteiger partial charge in [-0.25, -0.2) is 0 Å². The van der Waals surface area contributed by atoms with Crippen molar-refractivity contribution in [1.82, 2.24) is 4.90 Å². The van der Waals surface area contributed by atoms with Crippen molar-refractivity contribution in [1.29, 1.82) is 0 Å². The minimum atomic E-state index is 0.245. The van der Waals surface area contributed by atoms with E-state index in [1.54, 1.807) is 0 Å². The first kappa shape index (κ1) is 10.3. The quantitative estimate of drug-likeness (QED) is 0.788. The number of carbonyl (C=O) groups excluding carboxylic acids is 1. The van der Waals surface area contributed by atoms with Gasteiger partial charge in [0.1, 0.15) is 11.9 Å². The summed E-state index contributed by atoms with van der Waals surface area (Å²) in [7, 11) is 0. The topological polar surface area (TPSA) is 29.5 Å². The van der Waals surface area contributed by atoms with Gasteiger partial charge in [-0.05, 0) is 23.8 Å². The Labute approximate surface area is 106 Å². The molecule has 0 radical (unpaired) electrons. The molecule has 2 aliphatic heterocycles. The zero-order chi connectivity index (χ0) is 12.1. The number of nitrogens with zero attached hydrogens (tertiary/aromatic N) is 1. The summed E-state index contributed by atoms with van der Waals surface area (Å²) in [6.45, 7) is 1.96.